The first-order valence-corrected chi connectivity index (χ1v) is 9.87. The van der Waals surface area contributed by atoms with E-state index in [1.54, 1.807) is 17.0 Å². The van der Waals surface area contributed by atoms with Crippen LogP contribution in [0.5, 0.6) is 0 Å². The van der Waals surface area contributed by atoms with E-state index in [0.717, 1.165) is 29.6 Å². The number of carbonyl (C=O) groups excluding carboxylic acids is 1. The Kier molecular flexibility index (Phi) is 7.39. The van der Waals surface area contributed by atoms with Gasteiger partial charge in [-0.15, -0.1) is 6.42 Å². The van der Waals surface area contributed by atoms with Gasteiger partial charge in [-0.25, -0.2) is 9.38 Å². The molecule has 0 bridgehead atoms. The number of hydrogen-bond donors (Lipinski definition) is 1. The van der Waals surface area contributed by atoms with E-state index in [4.69, 9.17) is 6.42 Å². The SMILES string of the molecule is C#CCN(Cc1ccc(F)cc1)C(=O)C(=C(C)C)/C(CC)=C(/N=C)NC1(C)CC1. The van der Waals surface area contributed by atoms with Crippen molar-refractivity contribution >= 4 is 12.6 Å². The van der Waals surface area contributed by atoms with Crippen LogP contribution in [0.15, 0.2) is 51.8 Å². The lowest BCUT2D eigenvalue weighted by Gasteiger charge is -2.25. The number of nitrogens with one attached hydrogen (secondary N) is 1. The average Bonchev–Trinajstić information content (AvgIpc) is 3.42. The van der Waals surface area contributed by atoms with Crippen LogP contribution in [0, 0.1) is 18.2 Å². The van der Waals surface area contributed by atoms with Crippen molar-refractivity contribution in [1.82, 2.24) is 10.2 Å². The number of carbonyl (C=O) groups is 1. The number of amides is 1. The summed E-state index contributed by atoms with van der Waals surface area (Å²) in [4.78, 5) is 19.3. The Hall–Kier alpha value is -2.87. The molecule has 0 radical (unpaired) electrons. The van der Waals surface area contributed by atoms with Crippen molar-refractivity contribution in [3.8, 4) is 12.3 Å². The second-order valence-corrected chi connectivity index (χ2v) is 7.89. The molecule has 0 unspecified atom stereocenters. The molecule has 1 fully saturated rings. The zero-order valence-electron chi connectivity index (χ0n) is 17.8. The number of rotatable bonds is 9. The van der Waals surface area contributed by atoms with Gasteiger partial charge in [-0.1, -0.05) is 30.6 Å². The van der Waals surface area contributed by atoms with Gasteiger partial charge in [0.2, 0.25) is 0 Å². The monoisotopic (exact) mass is 395 g/mol. The lowest BCUT2D eigenvalue weighted by molar-refractivity contribution is -0.126. The van der Waals surface area contributed by atoms with Gasteiger partial charge in [0, 0.05) is 23.2 Å². The van der Waals surface area contributed by atoms with Gasteiger partial charge in [-0.3, -0.25) is 4.79 Å². The maximum absolute atomic E-state index is 13.5. The van der Waals surface area contributed by atoms with Gasteiger partial charge in [0.25, 0.3) is 5.91 Å². The second kappa shape index (κ2) is 9.56. The predicted molar refractivity (Wildman–Crippen MR) is 117 cm³/mol. The Morgan fingerprint density at radius 1 is 1.34 bits per heavy atom. The lowest BCUT2D eigenvalue weighted by Crippen LogP contribution is -2.34. The van der Waals surface area contributed by atoms with Crippen LogP contribution in [0.4, 0.5) is 4.39 Å². The van der Waals surface area contributed by atoms with Crippen LogP contribution in [0.1, 0.15) is 52.5 Å². The summed E-state index contributed by atoms with van der Waals surface area (Å²) in [6.07, 6.45) is 8.29. The van der Waals surface area contributed by atoms with Gasteiger partial charge in [0.15, 0.2) is 0 Å². The molecule has 0 atom stereocenters. The van der Waals surface area contributed by atoms with Crippen LogP contribution >= 0.6 is 0 Å². The standard InChI is InChI=1S/C24H30FN3O/c1-7-15-28(16-18-9-11-19(25)12-10-18)23(29)21(17(3)4)20(8-2)22(26-6)27-24(5)13-14-24/h1,9-12,27H,6,8,13-16H2,2-5H3/b22-20-. The Bertz CT molecular complexity index is 866. The van der Waals surface area contributed by atoms with Crippen LogP contribution in [0.3, 0.4) is 0 Å². The van der Waals surface area contributed by atoms with Crippen LogP contribution in [0.25, 0.3) is 0 Å². The molecule has 5 heteroatoms. The van der Waals surface area contributed by atoms with Crippen LogP contribution in [0.2, 0.25) is 0 Å². The summed E-state index contributed by atoms with van der Waals surface area (Å²) >= 11 is 0. The van der Waals surface area contributed by atoms with E-state index < -0.39 is 0 Å². The first kappa shape index (κ1) is 22.4. The fraction of sp³-hybridized carbons (Fsp3) is 0.417. The summed E-state index contributed by atoms with van der Waals surface area (Å²) in [5, 5.41) is 3.45. The maximum Gasteiger partial charge on any atom is 0.255 e. The Labute approximate surface area is 173 Å². The highest BCUT2D eigenvalue weighted by molar-refractivity contribution is 5.98. The molecule has 1 amide bonds. The van der Waals surface area contributed by atoms with Gasteiger partial charge < -0.3 is 10.2 Å². The van der Waals surface area contributed by atoms with E-state index in [1.807, 2.05) is 20.8 Å². The lowest BCUT2D eigenvalue weighted by atomic mass is 9.97. The molecule has 1 N–H and O–H groups in total. The van der Waals surface area contributed by atoms with Gasteiger partial charge in [-0.2, -0.15) is 0 Å². The first-order valence-electron chi connectivity index (χ1n) is 9.87. The minimum atomic E-state index is -0.314. The highest BCUT2D eigenvalue weighted by Crippen LogP contribution is 2.37. The number of aliphatic imine (C=N–C) groups is 1. The van der Waals surface area contributed by atoms with E-state index >= 15 is 0 Å². The van der Waals surface area contributed by atoms with Crippen molar-refractivity contribution in [3.63, 3.8) is 0 Å². The molecule has 1 aromatic carbocycles. The molecule has 1 saturated carbocycles. The van der Waals surface area contributed by atoms with Crippen molar-refractivity contribution in [2.75, 3.05) is 6.54 Å². The maximum atomic E-state index is 13.5. The molecule has 2 rings (SSSR count). The molecule has 0 aliphatic heterocycles. The van der Waals surface area contributed by atoms with Gasteiger partial charge in [0.05, 0.1) is 6.54 Å². The topological polar surface area (TPSA) is 44.7 Å². The van der Waals surface area contributed by atoms with Crippen LogP contribution in [-0.2, 0) is 11.3 Å². The Morgan fingerprint density at radius 2 is 1.97 bits per heavy atom. The van der Waals surface area contributed by atoms with E-state index in [1.165, 1.54) is 12.1 Å². The van der Waals surface area contributed by atoms with E-state index in [0.29, 0.717) is 24.4 Å². The number of nitrogens with zero attached hydrogens (tertiary/aromatic N) is 2. The molecule has 0 heterocycles. The number of terminal acetylenes is 1. The van der Waals surface area contributed by atoms with Crippen molar-refractivity contribution in [3.05, 3.63) is 58.2 Å². The van der Waals surface area contributed by atoms with Crippen LogP contribution in [-0.4, -0.2) is 29.6 Å². The fourth-order valence-corrected chi connectivity index (χ4v) is 3.19. The summed E-state index contributed by atoms with van der Waals surface area (Å²) < 4.78 is 13.2. The quantitative estimate of drug-likeness (QED) is 0.288. The molecular weight excluding hydrogens is 365 g/mol. The zero-order chi connectivity index (χ0) is 21.6. The third-order valence-electron chi connectivity index (χ3n) is 5.09. The normalized spacial score (nSPS) is 14.9. The molecule has 4 nitrogen and oxygen atoms in total. The van der Waals surface area contributed by atoms with E-state index in [2.05, 4.69) is 29.9 Å². The highest BCUT2D eigenvalue weighted by Gasteiger charge is 2.38. The average molecular weight is 396 g/mol. The summed E-state index contributed by atoms with van der Waals surface area (Å²) in [6, 6.07) is 6.09. The van der Waals surface area contributed by atoms with Gasteiger partial charge in [0.1, 0.15) is 11.6 Å². The van der Waals surface area contributed by atoms with Crippen molar-refractivity contribution in [2.24, 2.45) is 4.99 Å². The molecule has 1 aromatic rings. The molecular formula is C24H30FN3O. The molecule has 0 spiro atoms. The predicted octanol–water partition coefficient (Wildman–Crippen LogP) is 4.59. The van der Waals surface area contributed by atoms with Crippen molar-refractivity contribution < 1.29 is 9.18 Å². The molecule has 0 aromatic heterocycles. The molecule has 1 aliphatic carbocycles. The van der Waals surface area contributed by atoms with Gasteiger partial charge in [-0.05, 0) is 64.4 Å². The fourth-order valence-electron chi connectivity index (χ4n) is 3.19. The Balaban J connectivity index is 2.41. The third-order valence-corrected chi connectivity index (χ3v) is 5.09. The summed E-state index contributed by atoms with van der Waals surface area (Å²) in [5.74, 6) is 2.74. The smallest absolute Gasteiger partial charge is 0.255 e. The van der Waals surface area contributed by atoms with Crippen molar-refractivity contribution in [2.45, 2.75) is 59.0 Å². The van der Waals surface area contributed by atoms with Gasteiger partial charge >= 0.3 is 0 Å². The highest BCUT2D eigenvalue weighted by atomic mass is 19.1. The van der Waals surface area contributed by atoms with E-state index in [9.17, 15) is 9.18 Å². The largest absolute Gasteiger partial charge is 0.365 e. The minimum Gasteiger partial charge on any atom is -0.365 e. The second-order valence-electron chi connectivity index (χ2n) is 7.89. The zero-order valence-corrected chi connectivity index (χ0v) is 17.8. The van der Waals surface area contributed by atoms with Crippen LogP contribution < -0.4 is 5.32 Å². The molecule has 1 aliphatic rings. The number of benzene rings is 1. The summed E-state index contributed by atoms with van der Waals surface area (Å²) in [6.45, 7) is 12.1. The van der Waals surface area contributed by atoms with E-state index in [-0.39, 0.29) is 23.8 Å². The number of halogens is 1. The summed E-state index contributed by atoms with van der Waals surface area (Å²) in [7, 11) is 0. The first-order chi connectivity index (χ1) is 13.7. The molecule has 0 saturated heterocycles. The van der Waals surface area contributed by atoms with Crippen molar-refractivity contribution in [1.29, 1.82) is 0 Å². The molecule has 29 heavy (non-hydrogen) atoms. The minimum absolute atomic E-state index is 0.0133. The number of allylic oxidation sites excluding steroid dienone is 1. The summed E-state index contributed by atoms with van der Waals surface area (Å²) in [5.41, 5.74) is 3.15. The third kappa shape index (κ3) is 5.80. The molecule has 154 valence electrons. The Morgan fingerprint density at radius 3 is 2.41 bits per heavy atom. The number of hydrogen-bond acceptors (Lipinski definition) is 3.